The molecule has 1 heterocycles. The number of aromatic nitrogens is 1. The van der Waals surface area contributed by atoms with Crippen molar-refractivity contribution in [3.8, 4) is 0 Å². The van der Waals surface area contributed by atoms with Crippen molar-refractivity contribution >= 4 is 34.2 Å². The Labute approximate surface area is 203 Å². The van der Waals surface area contributed by atoms with Crippen molar-refractivity contribution in [2.45, 2.75) is 45.2 Å². The predicted octanol–water partition coefficient (Wildman–Crippen LogP) is 4.11. The summed E-state index contributed by atoms with van der Waals surface area (Å²) in [4.78, 5) is 44.2. The first kappa shape index (κ1) is 23.6. The topological polar surface area (TPSA) is 91.4 Å². The maximum atomic E-state index is 13.0. The van der Waals surface area contributed by atoms with Gasteiger partial charge in [-0.05, 0) is 43.9 Å². The number of thiazole rings is 1. The molecule has 4 rings (SSSR count). The van der Waals surface area contributed by atoms with Gasteiger partial charge in [0.2, 0.25) is 11.8 Å². The maximum Gasteiger partial charge on any atom is 0.254 e. The Morgan fingerprint density at radius 2 is 1.76 bits per heavy atom. The van der Waals surface area contributed by atoms with Gasteiger partial charge in [0.05, 0.1) is 18.2 Å². The molecule has 1 atom stereocenters. The van der Waals surface area contributed by atoms with E-state index in [1.54, 1.807) is 16.3 Å². The van der Waals surface area contributed by atoms with Crippen molar-refractivity contribution in [3.05, 3.63) is 82.4 Å². The third-order valence-electron chi connectivity index (χ3n) is 5.75. The molecule has 1 saturated carbocycles. The van der Waals surface area contributed by atoms with Gasteiger partial charge in [-0.15, -0.1) is 11.3 Å². The van der Waals surface area contributed by atoms with E-state index in [-0.39, 0.29) is 42.8 Å². The molecule has 0 saturated heterocycles. The van der Waals surface area contributed by atoms with Crippen LogP contribution in [0.15, 0.2) is 60.0 Å². The molecule has 3 aromatic rings. The molecule has 34 heavy (non-hydrogen) atoms. The van der Waals surface area contributed by atoms with E-state index in [2.05, 4.69) is 15.6 Å². The van der Waals surface area contributed by atoms with Crippen molar-refractivity contribution in [1.29, 1.82) is 0 Å². The Morgan fingerprint density at radius 3 is 2.47 bits per heavy atom. The Bertz CT molecular complexity index is 1170. The molecule has 2 aromatic carbocycles. The second-order valence-electron chi connectivity index (χ2n) is 8.55. The molecule has 7 nitrogen and oxygen atoms in total. The summed E-state index contributed by atoms with van der Waals surface area (Å²) in [6.45, 7) is 3.80. The lowest BCUT2D eigenvalue weighted by atomic mass is 10.1. The first-order chi connectivity index (χ1) is 16.4. The molecule has 3 amide bonds. The van der Waals surface area contributed by atoms with E-state index in [4.69, 9.17) is 0 Å². The van der Waals surface area contributed by atoms with Gasteiger partial charge in [0, 0.05) is 17.0 Å². The number of benzene rings is 2. The second kappa shape index (κ2) is 10.6. The van der Waals surface area contributed by atoms with Crippen LogP contribution in [0.4, 0.5) is 5.13 Å². The van der Waals surface area contributed by atoms with Gasteiger partial charge in [-0.1, -0.05) is 48.5 Å². The summed E-state index contributed by atoms with van der Waals surface area (Å²) in [5, 5.41) is 7.93. The normalized spacial score (nSPS) is 13.7. The highest BCUT2D eigenvalue weighted by Gasteiger charge is 2.34. The van der Waals surface area contributed by atoms with Crippen molar-refractivity contribution < 1.29 is 14.4 Å². The largest absolute Gasteiger partial charge is 0.349 e. The number of rotatable bonds is 9. The first-order valence-electron chi connectivity index (χ1n) is 11.4. The van der Waals surface area contributed by atoms with E-state index in [9.17, 15) is 14.4 Å². The van der Waals surface area contributed by atoms with E-state index in [0.29, 0.717) is 16.4 Å². The lowest BCUT2D eigenvalue weighted by Crippen LogP contribution is -2.39. The summed E-state index contributed by atoms with van der Waals surface area (Å²) in [5.41, 5.74) is 3.13. The molecule has 1 aliphatic carbocycles. The van der Waals surface area contributed by atoms with Crippen LogP contribution in [0, 0.1) is 6.92 Å². The van der Waals surface area contributed by atoms with Gasteiger partial charge in [0.15, 0.2) is 5.13 Å². The van der Waals surface area contributed by atoms with Crippen molar-refractivity contribution in [3.63, 3.8) is 0 Å². The lowest BCUT2D eigenvalue weighted by Gasteiger charge is -2.22. The second-order valence-corrected chi connectivity index (χ2v) is 9.41. The van der Waals surface area contributed by atoms with E-state index in [0.717, 1.165) is 24.0 Å². The predicted molar refractivity (Wildman–Crippen MR) is 133 cm³/mol. The highest BCUT2D eigenvalue weighted by atomic mass is 32.1. The molecule has 1 fully saturated rings. The maximum absolute atomic E-state index is 13.0. The number of carbonyl (C=O) groups excluding carboxylic acids is 3. The summed E-state index contributed by atoms with van der Waals surface area (Å²) in [6.07, 6.45) is 1.94. The fourth-order valence-electron chi connectivity index (χ4n) is 3.76. The van der Waals surface area contributed by atoms with Gasteiger partial charge in [0.1, 0.15) is 6.54 Å². The van der Waals surface area contributed by atoms with Crippen LogP contribution in [0.2, 0.25) is 0 Å². The number of carbonyl (C=O) groups is 3. The molecule has 0 aliphatic heterocycles. The molecule has 1 unspecified atom stereocenters. The highest BCUT2D eigenvalue weighted by molar-refractivity contribution is 7.13. The number of aryl methyl sites for hydroxylation is 1. The number of nitrogens with one attached hydrogen (secondary N) is 2. The Balaban J connectivity index is 1.31. The molecule has 176 valence electrons. The summed E-state index contributed by atoms with van der Waals surface area (Å²) >= 11 is 1.27. The van der Waals surface area contributed by atoms with E-state index in [1.165, 1.54) is 11.3 Å². The van der Waals surface area contributed by atoms with Crippen molar-refractivity contribution in [2.75, 3.05) is 11.9 Å². The smallest absolute Gasteiger partial charge is 0.254 e. The average molecular weight is 477 g/mol. The van der Waals surface area contributed by atoms with Crippen molar-refractivity contribution in [1.82, 2.24) is 15.2 Å². The SMILES string of the molecule is Cc1ccccc1C(=O)N(CC(=O)Nc1nc(CC(=O)NC(C)c2ccccc2)cs1)C1CC1. The third-order valence-corrected chi connectivity index (χ3v) is 6.56. The molecule has 8 heteroatoms. The van der Waals surface area contributed by atoms with E-state index >= 15 is 0 Å². The fourth-order valence-corrected chi connectivity index (χ4v) is 4.49. The summed E-state index contributed by atoms with van der Waals surface area (Å²) < 4.78 is 0. The zero-order chi connectivity index (χ0) is 24.1. The highest BCUT2D eigenvalue weighted by Crippen LogP contribution is 2.29. The van der Waals surface area contributed by atoms with Gasteiger partial charge >= 0.3 is 0 Å². The zero-order valence-electron chi connectivity index (χ0n) is 19.3. The number of amides is 3. The third kappa shape index (κ3) is 6.08. The minimum absolute atomic E-state index is 0.0260. The molecule has 0 spiro atoms. The minimum Gasteiger partial charge on any atom is -0.349 e. The Kier molecular flexibility index (Phi) is 7.37. The molecule has 2 N–H and O–H groups in total. The molecule has 1 aromatic heterocycles. The summed E-state index contributed by atoms with van der Waals surface area (Å²) in [7, 11) is 0. The summed E-state index contributed by atoms with van der Waals surface area (Å²) in [5.74, 6) is -0.556. The Morgan fingerprint density at radius 1 is 1.06 bits per heavy atom. The molecular formula is C26H28N4O3S. The van der Waals surface area contributed by atoms with Crippen molar-refractivity contribution in [2.24, 2.45) is 0 Å². The standard InChI is InChI=1S/C26H28N4O3S/c1-17-8-6-7-11-22(17)25(33)30(21-12-13-21)15-24(32)29-26-28-20(16-34-26)14-23(31)27-18(2)19-9-4-3-5-10-19/h3-11,16,18,21H,12-15H2,1-2H3,(H,27,31)(H,28,29,32). The molecular weight excluding hydrogens is 448 g/mol. The summed E-state index contributed by atoms with van der Waals surface area (Å²) in [6, 6.07) is 17.2. The monoisotopic (exact) mass is 476 g/mol. The Hall–Kier alpha value is -3.52. The molecule has 0 bridgehead atoms. The minimum atomic E-state index is -0.295. The van der Waals surface area contributed by atoms with Crippen LogP contribution in [-0.2, 0) is 16.0 Å². The number of hydrogen-bond donors (Lipinski definition) is 2. The zero-order valence-corrected chi connectivity index (χ0v) is 20.1. The number of hydrogen-bond acceptors (Lipinski definition) is 5. The van der Waals surface area contributed by atoms with E-state index < -0.39 is 0 Å². The van der Waals surface area contributed by atoms with Gasteiger partial charge in [-0.25, -0.2) is 4.98 Å². The van der Waals surface area contributed by atoms with Crippen LogP contribution >= 0.6 is 11.3 Å². The van der Waals surface area contributed by atoms with Gasteiger partial charge in [0.25, 0.3) is 5.91 Å². The van der Waals surface area contributed by atoms with Crippen LogP contribution in [-0.4, -0.2) is 40.2 Å². The molecule has 0 radical (unpaired) electrons. The quantitative estimate of drug-likeness (QED) is 0.486. The van der Waals surface area contributed by atoms with E-state index in [1.807, 2.05) is 62.4 Å². The lowest BCUT2D eigenvalue weighted by molar-refractivity contribution is -0.121. The van der Waals surface area contributed by atoms with Crippen LogP contribution < -0.4 is 10.6 Å². The van der Waals surface area contributed by atoms with Crippen LogP contribution in [0.1, 0.15) is 53.0 Å². The van der Waals surface area contributed by atoms with Crippen LogP contribution in [0.5, 0.6) is 0 Å². The van der Waals surface area contributed by atoms with Crippen LogP contribution in [0.25, 0.3) is 0 Å². The van der Waals surface area contributed by atoms with Crippen LogP contribution in [0.3, 0.4) is 0 Å². The van der Waals surface area contributed by atoms with Gasteiger partial charge in [-0.2, -0.15) is 0 Å². The first-order valence-corrected chi connectivity index (χ1v) is 12.2. The van der Waals surface area contributed by atoms with Gasteiger partial charge in [-0.3, -0.25) is 14.4 Å². The number of anilines is 1. The fraction of sp³-hybridized carbons (Fsp3) is 0.308. The number of nitrogens with zero attached hydrogens (tertiary/aromatic N) is 2. The average Bonchev–Trinajstić information content (AvgIpc) is 3.58. The molecule has 1 aliphatic rings. The van der Waals surface area contributed by atoms with Gasteiger partial charge < -0.3 is 15.5 Å².